The van der Waals surface area contributed by atoms with Crippen molar-refractivity contribution in [3.05, 3.63) is 34.9 Å². The number of amides is 1. The zero-order valence-corrected chi connectivity index (χ0v) is 12.2. The molecule has 1 aromatic rings. The van der Waals surface area contributed by atoms with Crippen LogP contribution in [0, 0.1) is 0 Å². The van der Waals surface area contributed by atoms with Crippen LogP contribution in [0.15, 0.2) is 24.3 Å². The van der Waals surface area contributed by atoms with Crippen LogP contribution in [0.4, 0.5) is 0 Å². The smallest absolute Gasteiger partial charge is 0.220 e. The molecule has 18 heavy (non-hydrogen) atoms. The second-order valence-electron chi connectivity index (χ2n) is 5.27. The molecular formula is C15H22ClNO. The average Bonchev–Trinajstić information content (AvgIpc) is 2.34. The van der Waals surface area contributed by atoms with Gasteiger partial charge in [-0.1, -0.05) is 50.9 Å². The van der Waals surface area contributed by atoms with Crippen LogP contribution in [0.2, 0.25) is 5.02 Å². The predicted octanol–water partition coefficient (Wildman–Crippen LogP) is 3.92. The third-order valence-corrected chi connectivity index (χ3v) is 3.33. The minimum absolute atomic E-state index is 0.104. The molecule has 1 N–H and O–H groups in total. The van der Waals surface area contributed by atoms with E-state index in [2.05, 4.69) is 26.1 Å². The van der Waals surface area contributed by atoms with Gasteiger partial charge in [0.05, 0.1) is 0 Å². The Morgan fingerprint density at radius 2 is 2.11 bits per heavy atom. The lowest BCUT2D eigenvalue weighted by Crippen LogP contribution is -2.36. The second kappa shape index (κ2) is 6.79. The largest absolute Gasteiger partial charge is 0.355 e. The second-order valence-corrected chi connectivity index (χ2v) is 5.71. The summed E-state index contributed by atoms with van der Waals surface area (Å²) < 4.78 is 0. The van der Waals surface area contributed by atoms with E-state index in [0.717, 1.165) is 23.4 Å². The summed E-state index contributed by atoms with van der Waals surface area (Å²) in [5, 5.41) is 3.73. The van der Waals surface area contributed by atoms with Crippen molar-refractivity contribution in [2.24, 2.45) is 0 Å². The first-order valence-corrected chi connectivity index (χ1v) is 6.86. The van der Waals surface area contributed by atoms with E-state index < -0.39 is 0 Å². The molecule has 2 nitrogen and oxygen atoms in total. The van der Waals surface area contributed by atoms with E-state index in [1.165, 1.54) is 0 Å². The highest BCUT2D eigenvalue weighted by molar-refractivity contribution is 6.30. The van der Waals surface area contributed by atoms with Crippen LogP contribution < -0.4 is 5.32 Å². The van der Waals surface area contributed by atoms with E-state index in [-0.39, 0.29) is 11.3 Å². The maximum absolute atomic E-state index is 11.6. The molecule has 0 bridgehead atoms. The van der Waals surface area contributed by atoms with Gasteiger partial charge in [-0.2, -0.15) is 0 Å². The fourth-order valence-corrected chi connectivity index (χ4v) is 1.95. The molecule has 0 unspecified atom stereocenters. The molecule has 0 heterocycles. The molecule has 1 amide bonds. The zero-order chi connectivity index (χ0) is 13.6. The average molecular weight is 268 g/mol. The maximum atomic E-state index is 11.6. The molecular weight excluding hydrogens is 246 g/mol. The third kappa shape index (κ3) is 4.69. The van der Waals surface area contributed by atoms with Crippen molar-refractivity contribution in [2.45, 2.75) is 45.4 Å². The van der Waals surface area contributed by atoms with Gasteiger partial charge in [0.25, 0.3) is 0 Å². The van der Waals surface area contributed by atoms with Crippen LogP contribution >= 0.6 is 11.6 Å². The van der Waals surface area contributed by atoms with Crippen LogP contribution in [-0.2, 0) is 10.2 Å². The molecule has 0 radical (unpaired) electrons. The molecule has 0 aliphatic rings. The number of hydrogen-bond acceptors (Lipinski definition) is 1. The summed E-state index contributed by atoms with van der Waals surface area (Å²) in [6.45, 7) is 6.94. The van der Waals surface area contributed by atoms with E-state index in [1.807, 2.05) is 24.3 Å². The van der Waals surface area contributed by atoms with Crippen LogP contribution in [0.25, 0.3) is 0 Å². The number of halogens is 1. The molecule has 0 spiro atoms. The van der Waals surface area contributed by atoms with Gasteiger partial charge in [-0.3, -0.25) is 4.79 Å². The first-order valence-electron chi connectivity index (χ1n) is 6.48. The quantitative estimate of drug-likeness (QED) is 0.832. The molecule has 3 heteroatoms. The molecule has 0 saturated heterocycles. The number of nitrogens with one attached hydrogen (secondary N) is 1. The van der Waals surface area contributed by atoms with Crippen molar-refractivity contribution >= 4 is 17.5 Å². The summed E-state index contributed by atoms with van der Waals surface area (Å²) in [5.41, 5.74) is 1.04. The zero-order valence-electron chi connectivity index (χ0n) is 11.4. The van der Waals surface area contributed by atoms with Gasteiger partial charge in [-0.05, 0) is 24.1 Å². The summed E-state index contributed by atoms with van der Waals surface area (Å²) >= 11 is 5.99. The van der Waals surface area contributed by atoms with Gasteiger partial charge in [0.15, 0.2) is 0 Å². The molecule has 0 saturated carbocycles. The Morgan fingerprint density at radius 3 is 2.72 bits per heavy atom. The van der Waals surface area contributed by atoms with E-state index >= 15 is 0 Å². The van der Waals surface area contributed by atoms with Crippen LogP contribution in [0.3, 0.4) is 0 Å². The lowest BCUT2D eigenvalue weighted by atomic mass is 9.84. The number of carbonyl (C=O) groups excluding carboxylic acids is 1. The number of hydrogen-bond donors (Lipinski definition) is 1. The van der Waals surface area contributed by atoms with Crippen molar-refractivity contribution in [2.75, 3.05) is 6.54 Å². The Morgan fingerprint density at radius 1 is 1.39 bits per heavy atom. The number of rotatable bonds is 6. The highest BCUT2D eigenvalue weighted by Gasteiger charge is 2.21. The molecule has 0 aromatic heterocycles. The number of unbranched alkanes of at least 4 members (excludes halogenated alkanes) is 1. The Hall–Kier alpha value is -1.02. The Balaban J connectivity index is 2.57. The minimum Gasteiger partial charge on any atom is -0.355 e. The van der Waals surface area contributed by atoms with Gasteiger partial charge in [0, 0.05) is 23.4 Å². The highest BCUT2D eigenvalue weighted by atomic mass is 35.5. The maximum Gasteiger partial charge on any atom is 0.220 e. The fourth-order valence-electron chi connectivity index (χ4n) is 1.76. The lowest BCUT2D eigenvalue weighted by molar-refractivity contribution is -0.121. The minimum atomic E-state index is -0.104. The van der Waals surface area contributed by atoms with Gasteiger partial charge in [-0.25, -0.2) is 0 Å². The summed E-state index contributed by atoms with van der Waals surface area (Å²) in [6, 6.07) is 7.81. The standard InChI is InChI=1S/C15H22ClNO/c1-4-5-9-14(18)17-11-15(2,3)12-7-6-8-13(16)10-12/h6-8,10H,4-5,9,11H2,1-3H3,(H,17,18). The van der Waals surface area contributed by atoms with Gasteiger partial charge in [0.1, 0.15) is 0 Å². The summed E-state index contributed by atoms with van der Waals surface area (Å²) in [5.74, 6) is 0.131. The topological polar surface area (TPSA) is 29.1 Å². The number of benzene rings is 1. The van der Waals surface area contributed by atoms with Gasteiger partial charge >= 0.3 is 0 Å². The van der Waals surface area contributed by atoms with E-state index in [4.69, 9.17) is 11.6 Å². The van der Waals surface area contributed by atoms with Crippen molar-refractivity contribution in [3.63, 3.8) is 0 Å². The van der Waals surface area contributed by atoms with E-state index in [1.54, 1.807) is 0 Å². The Bertz CT molecular complexity index is 401. The van der Waals surface area contributed by atoms with Crippen LogP contribution in [-0.4, -0.2) is 12.5 Å². The highest BCUT2D eigenvalue weighted by Crippen LogP contribution is 2.24. The van der Waals surface area contributed by atoms with Crippen molar-refractivity contribution in [3.8, 4) is 0 Å². The molecule has 0 aliphatic carbocycles. The normalized spacial score (nSPS) is 11.3. The Labute approximate surface area is 115 Å². The van der Waals surface area contributed by atoms with Gasteiger partial charge < -0.3 is 5.32 Å². The van der Waals surface area contributed by atoms with Gasteiger partial charge in [0.2, 0.25) is 5.91 Å². The summed E-state index contributed by atoms with van der Waals surface area (Å²) in [4.78, 5) is 11.6. The predicted molar refractivity (Wildman–Crippen MR) is 77.0 cm³/mol. The van der Waals surface area contributed by atoms with E-state index in [9.17, 15) is 4.79 Å². The lowest BCUT2D eigenvalue weighted by Gasteiger charge is -2.26. The first-order chi connectivity index (χ1) is 8.45. The van der Waals surface area contributed by atoms with E-state index in [0.29, 0.717) is 13.0 Å². The molecule has 1 rings (SSSR count). The number of carbonyl (C=O) groups is 1. The SMILES string of the molecule is CCCCC(=O)NCC(C)(C)c1cccc(Cl)c1. The molecule has 0 atom stereocenters. The summed E-state index contributed by atoms with van der Waals surface area (Å²) in [7, 11) is 0. The van der Waals surface area contributed by atoms with Gasteiger partial charge in [-0.15, -0.1) is 0 Å². The van der Waals surface area contributed by atoms with Crippen LogP contribution in [0.1, 0.15) is 45.6 Å². The van der Waals surface area contributed by atoms with Crippen molar-refractivity contribution < 1.29 is 4.79 Å². The van der Waals surface area contributed by atoms with Crippen molar-refractivity contribution in [1.82, 2.24) is 5.32 Å². The molecule has 0 fully saturated rings. The first kappa shape index (κ1) is 15.0. The monoisotopic (exact) mass is 267 g/mol. The third-order valence-electron chi connectivity index (χ3n) is 3.09. The van der Waals surface area contributed by atoms with Crippen LogP contribution in [0.5, 0.6) is 0 Å². The summed E-state index contributed by atoms with van der Waals surface area (Å²) in [6.07, 6.45) is 2.61. The molecule has 100 valence electrons. The molecule has 0 aliphatic heterocycles. The fraction of sp³-hybridized carbons (Fsp3) is 0.533. The van der Waals surface area contributed by atoms with Crippen molar-refractivity contribution in [1.29, 1.82) is 0 Å². The molecule has 1 aromatic carbocycles. The Kier molecular flexibility index (Phi) is 5.67.